The summed E-state index contributed by atoms with van der Waals surface area (Å²) in [7, 11) is 0. The normalized spacial score (nSPS) is 12.6. The Labute approximate surface area is 148 Å². The number of carbonyl (C=O) groups is 2. The number of ether oxygens (including phenoxy) is 1. The molecule has 2 atom stereocenters. The molecule has 5 N–H and O–H groups in total. The molecule has 0 aliphatic carbocycles. The molecular weight excluding hydrogens is 324 g/mol. The number of thioether (sulfide) groups is 1. The van der Waals surface area contributed by atoms with Crippen LogP contribution in [0.4, 0.5) is 0 Å². The third kappa shape index (κ3) is 9.50. The van der Waals surface area contributed by atoms with Crippen molar-refractivity contribution in [2.75, 3.05) is 11.5 Å². The van der Waals surface area contributed by atoms with E-state index >= 15 is 0 Å². The van der Waals surface area contributed by atoms with Crippen LogP contribution in [0.5, 0.6) is 0 Å². The Morgan fingerprint density at radius 2 is 2.04 bits per heavy atom. The lowest BCUT2D eigenvalue weighted by atomic mass is 10.1. The van der Waals surface area contributed by atoms with Gasteiger partial charge in [-0.3, -0.25) is 4.79 Å². The molecule has 24 heavy (non-hydrogen) atoms. The highest BCUT2D eigenvalue weighted by Crippen LogP contribution is 2.13. The summed E-state index contributed by atoms with van der Waals surface area (Å²) in [5.41, 5.74) is 7.68. The fourth-order valence-corrected chi connectivity index (χ4v) is 3.01. The van der Waals surface area contributed by atoms with Gasteiger partial charge in [0.15, 0.2) is 0 Å². The van der Waals surface area contributed by atoms with Gasteiger partial charge in [0.2, 0.25) is 0 Å². The topological polar surface area (TPSA) is 104 Å². The van der Waals surface area contributed by atoms with Gasteiger partial charge in [0, 0.05) is 23.5 Å². The zero-order valence-corrected chi connectivity index (χ0v) is 15.1. The van der Waals surface area contributed by atoms with E-state index in [4.69, 9.17) is 10.5 Å². The van der Waals surface area contributed by atoms with Crippen LogP contribution in [0, 0.1) is 5.92 Å². The molecule has 2 unspecified atom stereocenters. The second-order valence-corrected chi connectivity index (χ2v) is 6.69. The van der Waals surface area contributed by atoms with Gasteiger partial charge in [0.25, 0.3) is 0 Å². The van der Waals surface area contributed by atoms with Crippen molar-refractivity contribution in [3.8, 4) is 0 Å². The van der Waals surface area contributed by atoms with Crippen molar-refractivity contribution in [1.29, 1.82) is 0 Å². The summed E-state index contributed by atoms with van der Waals surface area (Å²) in [5, 5.41) is 0. The molecule has 0 radical (unpaired) electrons. The van der Waals surface area contributed by atoms with E-state index < -0.39 is 0 Å². The number of nitrogens with two attached hydrogens (primary N) is 1. The van der Waals surface area contributed by atoms with E-state index in [1.54, 1.807) is 17.8 Å². The van der Waals surface area contributed by atoms with Crippen LogP contribution >= 0.6 is 11.8 Å². The first-order valence-corrected chi connectivity index (χ1v) is 8.86. The van der Waals surface area contributed by atoms with E-state index in [-0.39, 0.29) is 30.7 Å². The minimum absolute atomic E-state index is 0. The molecule has 0 aliphatic heterocycles. The zero-order chi connectivity index (χ0) is 17.1. The van der Waals surface area contributed by atoms with Crippen molar-refractivity contribution in [1.82, 2.24) is 6.15 Å². The highest BCUT2D eigenvalue weighted by atomic mass is 32.2. The summed E-state index contributed by atoms with van der Waals surface area (Å²) in [6, 6.07) is 7.72. The number of carbonyl (C=O) groups excluding carboxylic acids is 2. The molecule has 0 bridgehead atoms. The molecule has 0 heterocycles. The Balaban J connectivity index is 0.00000529. The number of rotatable bonds is 11. The molecule has 0 saturated heterocycles. The average Bonchev–Trinajstić information content (AvgIpc) is 2.55. The SMILES string of the molecule is C=Cc1ccc(COC(=O)CCSCC(C=O)CC(C)N)cc1.N. The maximum atomic E-state index is 11.7. The quantitative estimate of drug-likeness (QED) is 0.360. The molecule has 1 aromatic carbocycles. The minimum Gasteiger partial charge on any atom is -0.461 e. The number of hydrogen-bond donors (Lipinski definition) is 2. The molecule has 0 aromatic heterocycles. The van der Waals surface area contributed by atoms with Gasteiger partial charge < -0.3 is 21.4 Å². The van der Waals surface area contributed by atoms with Crippen molar-refractivity contribution in [3.63, 3.8) is 0 Å². The third-order valence-electron chi connectivity index (χ3n) is 3.26. The standard InChI is InChI=1S/C18H25NO3S.H3N/c1-3-15-4-6-16(7-5-15)12-22-18(21)8-9-23-13-17(11-20)10-14(2)19;/h3-7,11,14,17H,1,8-10,12-13,19H2,2H3;1H3. The van der Waals surface area contributed by atoms with Crippen molar-refractivity contribution in [2.45, 2.75) is 32.4 Å². The van der Waals surface area contributed by atoms with Gasteiger partial charge in [-0.2, -0.15) is 11.8 Å². The van der Waals surface area contributed by atoms with Gasteiger partial charge >= 0.3 is 5.97 Å². The summed E-state index contributed by atoms with van der Waals surface area (Å²) in [6.45, 7) is 5.86. The van der Waals surface area contributed by atoms with E-state index in [2.05, 4.69) is 6.58 Å². The summed E-state index contributed by atoms with van der Waals surface area (Å²) >= 11 is 1.58. The predicted molar refractivity (Wildman–Crippen MR) is 101 cm³/mol. The van der Waals surface area contributed by atoms with Gasteiger partial charge in [-0.25, -0.2) is 0 Å². The van der Waals surface area contributed by atoms with Crippen LogP contribution in [0.15, 0.2) is 30.8 Å². The fourth-order valence-electron chi connectivity index (χ4n) is 2.02. The predicted octanol–water partition coefficient (Wildman–Crippen LogP) is 3.21. The molecule has 0 amide bonds. The molecule has 1 rings (SSSR count). The van der Waals surface area contributed by atoms with Gasteiger partial charge in [0.1, 0.15) is 12.9 Å². The van der Waals surface area contributed by atoms with E-state index in [9.17, 15) is 9.59 Å². The first-order chi connectivity index (χ1) is 11.0. The Kier molecular flexibility index (Phi) is 11.9. The molecule has 0 saturated carbocycles. The minimum atomic E-state index is -0.222. The van der Waals surface area contributed by atoms with Crippen LogP contribution < -0.4 is 11.9 Å². The fraction of sp³-hybridized carbons (Fsp3) is 0.444. The third-order valence-corrected chi connectivity index (χ3v) is 4.42. The lowest BCUT2D eigenvalue weighted by Gasteiger charge is -2.12. The Bertz CT molecular complexity index is 503. The molecule has 0 aliphatic rings. The van der Waals surface area contributed by atoms with Crippen LogP contribution in [0.2, 0.25) is 0 Å². The monoisotopic (exact) mass is 352 g/mol. The smallest absolute Gasteiger partial charge is 0.306 e. The first-order valence-electron chi connectivity index (χ1n) is 7.70. The van der Waals surface area contributed by atoms with Gasteiger partial charge in [-0.05, 0) is 24.5 Å². The number of hydrogen-bond acceptors (Lipinski definition) is 6. The number of esters is 1. The average molecular weight is 353 g/mol. The highest BCUT2D eigenvalue weighted by Gasteiger charge is 2.11. The van der Waals surface area contributed by atoms with Gasteiger partial charge in [0.05, 0.1) is 6.42 Å². The van der Waals surface area contributed by atoms with Crippen LogP contribution in [0.25, 0.3) is 6.08 Å². The van der Waals surface area contributed by atoms with E-state index in [1.165, 1.54) is 0 Å². The van der Waals surface area contributed by atoms with E-state index in [1.807, 2.05) is 31.2 Å². The Morgan fingerprint density at radius 3 is 2.58 bits per heavy atom. The second-order valence-electron chi connectivity index (χ2n) is 5.54. The molecule has 134 valence electrons. The lowest BCUT2D eigenvalue weighted by molar-refractivity contribution is -0.144. The molecule has 1 aromatic rings. The van der Waals surface area contributed by atoms with Crippen LogP contribution in [0.1, 0.15) is 30.9 Å². The van der Waals surface area contributed by atoms with Gasteiger partial charge in [-0.15, -0.1) is 0 Å². The van der Waals surface area contributed by atoms with Crippen LogP contribution in [-0.2, 0) is 20.9 Å². The van der Waals surface area contributed by atoms with Gasteiger partial charge in [-0.1, -0.05) is 36.9 Å². The molecule has 6 heteroatoms. The van der Waals surface area contributed by atoms with Crippen LogP contribution in [-0.4, -0.2) is 29.8 Å². The molecule has 0 fully saturated rings. The zero-order valence-electron chi connectivity index (χ0n) is 14.3. The maximum absolute atomic E-state index is 11.7. The first kappa shape index (κ1) is 22.4. The van der Waals surface area contributed by atoms with Crippen molar-refractivity contribution in [2.24, 2.45) is 11.7 Å². The number of aldehydes is 1. The van der Waals surface area contributed by atoms with E-state index in [0.29, 0.717) is 24.3 Å². The summed E-state index contributed by atoms with van der Waals surface area (Å²) < 4.78 is 5.23. The number of benzene rings is 1. The largest absolute Gasteiger partial charge is 0.461 e. The lowest BCUT2D eigenvalue weighted by Crippen LogP contribution is -2.21. The maximum Gasteiger partial charge on any atom is 0.306 e. The summed E-state index contributed by atoms with van der Waals surface area (Å²) in [4.78, 5) is 22.6. The highest BCUT2D eigenvalue weighted by molar-refractivity contribution is 7.99. The van der Waals surface area contributed by atoms with Crippen LogP contribution in [0.3, 0.4) is 0 Å². The Hall–Kier alpha value is -1.63. The van der Waals surface area contributed by atoms with E-state index in [0.717, 1.165) is 17.4 Å². The molecule has 5 nitrogen and oxygen atoms in total. The Morgan fingerprint density at radius 1 is 1.38 bits per heavy atom. The van der Waals surface area contributed by atoms with Crippen molar-refractivity contribution < 1.29 is 14.3 Å². The molecular formula is C18H28N2O3S. The summed E-state index contributed by atoms with van der Waals surface area (Å²) in [6.07, 6.45) is 3.74. The van der Waals surface area contributed by atoms with Crippen molar-refractivity contribution >= 4 is 30.1 Å². The van der Waals surface area contributed by atoms with Crippen molar-refractivity contribution in [3.05, 3.63) is 42.0 Å². The summed E-state index contributed by atoms with van der Waals surface area (Å²) in [5.74, 6) is 1.08. The molecule has 0 spiro atoms. The second kappa shape index (κ2) is 12.8.